The molecule has 0 heterocycles. The van der Waals surface area contributed by atoms with Crippen LogP contribution in [0.15, 0.2) is 134 Å². The van der Waals surface area contributed by atoms with Crippen LogP contribution in [-0.4, -0.2) is 95.9 Å². The van der Waals surface area contributed by atoms with Crippen molar-refractivity contribution in [3.05, 3.63) is 134 Å². The zero-order valence-electron chi connectivity index (χ0n) is 63.3. The fourth-order valence-electron chi connectivity index (χ4n) is 10.4. The molecule has 0 aromatic rings. The Morgan fingerprint density at radius 1 is 0.287 bits per heavy atom. The third-order valence-electron chi connectivity index (χ3n) is 16.3. The van der Waals surface area contributed by atoms with Crippen molar-refractivity contribution < 1.29 is 75.8 Å². The number of hydrogen-bond donors (Lipinski definition) is 4. The maximum atomic E-state index is 12.9. The molecule has 0 aromatic carbocycles. The van der Waals surface area contributed by atoms with Crippen LogP contribution >= 0.6 is 15.6 Å². The Kier molecular flexibility index (Phi) is 72.2. The fraction of sp³-hybridized carbons (Fsp3) is 0.699. The number of phosphoric ester groups is 2. The van der Waals surface area contributed by atoms with Crippen molar-refractivity contribution in [1.82, 2.24) is 0 Å². The van der Waals surface area contributed by atoms with E-state index in [4.69, 9.17) is 32.3 Å². The van der Waals surface area contributed by atoms with Crippen molar-refractivity contribution in [1.29, 1.82) is 0 Å². The molecule has 0 saturated carbocycles. The lowest BCUT2D eigenvalue weighted by molar-refractivity contribution is -0.161. The third-order valence-corrected chi connectivity index (χ3v) is 18.2. The van der Waals surface area contributed by atoms with Crippen molar-refractivity contribution in [2.24, 2.45) is 0 Å². The molecule has 101 heavy (non-hydrogen) atoms. The second kappa shape index (κ2) is 75.4. The highest BCUT2D eigenvalue weighted by atomic mass is 31.2. The Morgan fingerprint density at radius 2 is 0.525 bits per heavy atom. The van der Waals surface area contributed by atoms with Gasteiger partial charge in [0.05, 0.1) is 26.4 Å². The zero-order valence-corrected chi connectivity index (χ0v) is 65.1. The van der Waals surface area contributed by atoms with Gasteiger partial charge in [-0.2, -0.15) is 0 Å². The molecule has 16 nitrogen and oxygen atoms in total. The van der Waals surface area contributed by atoms with Crippen LogP contribution < -0.4 is 0 Å². The van der Waals surface area contributed by atoms with E-state index in [1.165, 1.54) is 96.3 Å². The Balaban J connectivity index is 4.45. The van der Waals surface area contributed by atoms with Gasteiger partial charge < -0.3 is 34.2 Å². The zero-order chi connectivity index (χ0) is 73.7. The molecule has 4 N–H and O–H groups in total. The second-order valence-corrected chi connectivity index (χ2v) is 29.0. The molecule has 0 aromatic heterocycles. The van der Waals surface area contributed by atoms with Gasteiger partial charge in [-0.1, -0.05) is 302 Å². The molecule has 0 rings (SSSR count). The average molecular weight is 1460 g/mol. The van der Waals surface area contributed by atoms with Gasteiger partial charge in [-0.25, -0.2) is 9.13 Å². The summed E-state index contributed by atoms with van der Waals surface area (Å²) in [5, 5.41) is 20.6. The van der Waals surface area contributed by atoms with Gasteiger partial charge in [0.15, 0.2) is 6.10 Å². The van der Waals surface area contributed by atoms with Crippen LogP contribution in [0.1, 0.15) is 316 Å². The van der Waals surface area contributed by atoms with Gasteiger partial charge in [-0.05, 0) is 128 Å². The monoisotopic (exact) mass is 1460 g/mol. The van der Waals surface area contributed by atoms with E-state index in [2.05, 4.69) is 154 Å². The number of phosphoric acid groups is 2. The van der Waals surface area contributed by atoms with Crippen LogP contribution in [0.3, 0.4) is 0 Å². The highest BCUT2D eigenvalue weighted by Crippen LogP contribution is 2.45. The summed E-state index contributed by atoms with van der Waals surface area (Å²) in [6.45, 7) is 2.40. The van der Waals surface area contributed by atoms with E-state index >= 15 is 0 Å². The van der Waals surface area contributed by atoms with Crippen LogP contribution in [0.4, 0.5) is 0 Å². The number of ether oxygens (including phenoxy) is 3. The summed E-state index contributed by atoms with van der Waals surface area (Å²) in [6.07, 6.45) is 90.9. The first-order valence-corrected chi connectivity index (χ1v) is 42.5. The molecule has 18 heteroatoms. The SMILES string of the molecule is CC/C=C\C/C=C\C/C=C\C/C=C\C/C=C\CCCCCCCCCCCCCCCC(=O)OCC(O)COP(=O)(O)OCC(O)COP(=O)(O)OCC(COC(=O)CCCCCCCCCCC/C=C\C/C=C\C/C=C\C/C=C\C/C=C\CC)OC(=O)CCCCCCC/C=C\CCCC. The predicted octanol–water partition coefficient (Wildman–Crippen LogP) is 23.1. The maximum absolute atomic E-state index is 12.9. The number of hydrogen-bond acceptors (Lipinski definition) is 14. The number of carbonyl (C=O) groups is 3. The van der Waals surface area contributed by atoms with E-state index in [1.807, 2.05) is 0 Å². The molecule has 0 saturated heterocycles. The molecule has 0 aliphatic carbocycles. The summed E-state index contributed by atoms with van der Waals surface area (Å²) in [7, 11) is -9.79. The number of rotatable bonds is 74. The van der Waals surface area contributed by atoms with Gasteiger partial charge in [0.25, 0.3) is 0 Å². The van der Waals surface area contributed by atoms with E-state index in [0.29, 0.717) is 19.3 Å². The summed E-state index contributed by atoms with van der Waals surface area (Å²) in [6, 6.07) is 0. The lowest BCUT2D eigenvalue weighted by atomic mass is 10.0. The van der Waals surface area contributed by atoms with Crippen LogP contribution in [0.2, 0.25) is 0 Å². The Hall–Kier alpha value is -4.31. The quantitative estimate of drug-likeness (QED) is 0.0146. The van der Waals surface area contributed by atoms with Gasteiger partial charge in [0, 0.05) is 19.3 Å². The highest BCUT2D eigenvalue weighted by Gasteiger charge is 2.29. The predicted molar refractivity (Wildman–Crippen MR) is 417 cm³/mol. The van der Waals surface area contributed by atoms with E-state index < -0.39 is 91.5 Å². The van der Waals surface area contributed by atoms with Gasteiger partial charge >= 0.3 is 33.6 Å². The molecular formula is C83H142O16P2. The largest absolute Gasteiger partial charge is 0.472 e. The normalized spacial score (nSPS) is 14.7. The van der Waals surface area contributed by atoms with Gasteiger partial charge in [0.1, 0.15) is 25.4 Å². The molecule has 0 amide bonds. The summed E-state index contributed by atoms with van der Waals surface area (Å²) >= 11 is 0. The number of esters is 3. The lowest BCUT2D eigenvalue weighted by Gasteiger charge is -2.21. The molecular weight excluding hydrogens is 1310 g/mol. The van der Waals surface area contributed by atoms with E-state index in [0.717, 1.165) is 161 Å². The minimum absolute atomic E-state index is 0.0908. The fourth-order valence-corrected chi connectivity index (χ4v) is 12.0. The number of aliphatic hydroxyl groups is 2. The number of allylic oxidation sites excluding steroid dienone is 22. The molecule has 0 fully saturated rings. The van der Waals surface area contributed by atoms with Crippen molar-refractivity contribution in [3.63, 3.8) is 0 Å². The van der Waals surface area contributed by atoms with Crippen molar-refractivity contribution >= 4 is 33.6 Å². The van der Waals surface area contributed by atoms with Crippen LogP contribution in [0.5, 0.6) is 0 Å². The van der Waals surface area contributed by atoms with E-state index in [-0.39, 0.29) is 19.3 Å². The minimum Gasteiger partial charge on any atom is -0.463 e. The first kappa shape index (κ1) is 96.7. The lowest BCUT2D eigenvalue weighted by Crippen LogP contribution is -2.30. The average Bonchev–Trinajstić information content (AvgIpc) is 0.946. The summed E-state index contributed by atoms with van der Waals surface area (Å²) in [5.74, 6) is -1.59. The summed E-state index contributed by atoms with van der Waals surface area (Å²) in [4.78, 5) is 58.5. The molecule has 580 valence electrons. The first-order valence-electron chi connectivity index (χ1n) is 39.5. The highest BCUT2D eigenvalue weighted by molar-refractivity contribution is 7.47. The third kappa shape index (κ3) is 76.6. The van der Waals surface area contributed by atoms with Gasteiger partial charge in [-0.3, -0.25) is 32.5 Å². The number of aliphatic hydroxyl groups excluding tert-OH is 2. The molecule has 0 aliphatic rings. The van der Waals surface area contributed by atoms with E-state index in [9.17, 15) is 43.5 Å². The topological polar surface area (TPSA) is 231 Å². The van der Waals surface area contributed by atoms with Crippen LogP contribution in [-0.2, 0) is 55.8 Å². The number of carbonyl (C=O) groups excluding carboxylic acids is 3. The van der Waals surface area contributed by atoms with E-state index in [1.54, 1.807) is 0 Å². The van der Waals surface area contributed by atoms with Crippen LogP contribution in [0.25, 0.3) is 0 Å². The van der Waals surface area contributed by atoms with Crippen LogP contribution in [0, 0.1) is 0 Å². The smallest absolute Gasteiger partial charge is 0.463 e. The number of unbranched alkanes of at least 4 members (excludes halogenated alkanes) is 29. The summed E-state index contributed by atoms with van der Waals surface area (Å²) < 4.78 is 61.1. The van der Waals surface area contributed by atoms with Gasteiger partial charge in [0.2, 0.25) is 0 Å². The molecule has 0 aliphatic heterocycles. The molecule has 5 atom stereocenters. The molecule has 0 bridgehead atoms. The Morgan fingerprint density at radius 3 is 0.842 bits per heavy atom. The standard InChI is InChI=1S/C83H142O16P2/c1-4-7-10-13-16-19-22-24-26-28-30-32-34-36-37-38-39-41-43-44-46-48-50-52-55-57-60-63-66-69-81(86)93-72-78(84)73-95-100(89,90)96-74-79(85)75-97-101(91,92)98-77-80(99-83(88)71-68-65-62-59-54-21-18-15-12-9-6-3)76-94-82(87)70-67-64-61-58-56-53-51-49-47-45-42-40-35-33-31-29-27-25-23-20-17-14-11-8-5-2/h7-8,10-11,15-20,24-27,30-33,36-37,40,42,78-80,84-85H,4-6,9,12-14,21-23,28-29,34-35,38-39,41,43-77H2,1-3H3,(H,89,90)(H,91,92)/b10-7-,11-8-,18-15-,19-16-,20-17-,26-24-,27-25-,32-30-,33-31-,37-36-,42-40-. The van der Waals surface area contributed by atoms with Gasteiger partial charge in [-0.15, -0.1) is 0 Å². The summed E-state index contributed by atoms with van der Waals surface area (Å²) in [5.41, 5.74) is 0. The molecule has 5 unspecified atom stereocenters. The maximum Gasteiger partial charge on any atom is 0.472 e. The van der Waals surface area contributed by atoms with Crippen molar-refractivity contribution in [3.8, 4) is 0 Å². The minimum atomic E-state index is -4.93. The first-order chi connectivity index (χ1) is 49.2. The Bertz CT molecular complexity index is 2370. The van der Waals surface area contributed by atoms with Crippen molar-refractivity contribution in [2.75, 3.05) is 39.6 Å². The Labute approximate surface area is 614 Å². The molecule has 0 spiro atoms. The second-order valence-electron chi connectivity index (χ2n) is 26.1. The van der Waals surface area contributed by atoms with Crippen molar-refractivity contribution in [2.45, 2.75) is 334 Å². The molecule has 0 radical (unpaired) electrons.